The highest BCUT2D eigenvalue weighted by Crippen LogP contribution is 2.48. The number of para-hydroxylation sites is 1. The van der Waals surface area contributed by atoms with Crippen LogP contribution in [0, 0.1) is 18.7 Å². The summed E-state index contributed by atoms with van der Waals surface area (Å²) in [5.74, 6) is -2.44. The third-order valence-electron chi connectivity index (χ3n) is 7.23. The maximum absolute atomic E-state index is 13.9. The molecule has 2 aliphatic rings. The van der Waals surface area contributed by atoms with Crippen molar-refractivity contribution in [1.82, 2.24) is 0 Å². The van der Waals surface area contributed by atoms with Crippen molar-refractivity contribution in [1.29, 1.82) is 0 Å². The largest absolute Gasteiger partial charge is 0.493 e. The Labute approximate surface area is 235 Å². The highest BCUT2D eigenvalue weighted by Gasteiger charge is 2.60. The molecule has 0 bridgehead atoms. The molecule has 0 radical (unpaired) electrons. The maximum Gasteiger partial charge on any atom is 0.343 e. The molecule has 0 N–H and O–H groups in total. The molecule has 0 aromatic heterocycles. The van der Waals surface area contributed by atoms with Crippen molar-refractivity contribution < 1.29 is 33.1 Å². The van der Waals surface area contributed by atoms with E-state index < -0.39 is 35.8 Å². The zero-order chi connectivity index (χ0) is 28.7. The fraction of sp³-hybridized carbons (Fsp3) is 0.156. The topological polar surface area (TPSA) is 85.4 Å². The molecular weight excluding hydrogens is 527 g/mol. The normalized spacial score (nSPS) is 19.8. The maximum atomic E-state index is 13.9. The van der Waals surface area contributed by atoms with Crippen LogP contribution in [0.2, 0.25) is 0 Å². The van der Waals surface area contributed by atoms with Gasteiger partial charge in [0.1, 0.15) is 11.7 Å². The lowest BCUT2D eigenvalue weighted by molar-refractivity contribution is -0.126. The highest BCUT2D eigenvalue weighted by atomic mass is 19.1. The van der Waals surface area contributed by atoms with Crippen molar-refractivity contribution in [3.63, 3.8) is 0 Å². The van der Waals surface area contributed by atoms with Crippen molar-refractivity contribution in [3.05, 3.63) is 120 Å². The number of rotatable bonds is 6. The standard InChI is InChI=1S/C32H25FN2O6/c1-19-8-15-23(16-9-19)34-30(36)27-28(35(41-29(27)31(34)37)24-6-4-3-5-7-24)21-12-17-25(26(18-21)39-2)40-32(38)20-10-13-22(33)14-11-20/h3-18,27-29H,1-2H3/t27-,28+,29-/m0/s1. The van der Waals surface area contributed by atoms with Crippen LogP contribution < -0.4 is 19.4 Å². The van der Waals surface area contributed by atoms with E-state index in [-0.39, 0.29) is 23.0 Å². The molecule has 2 fully saturated rings. The van der Waals surface area contributed by atoms with Gasteiger partial charge in [0, 0.05) is 0 Å². The van der Waals surface area contributed by atoms with Crippen LogP contribution in [-0.4, -0.2) is 31.0 Å². The summed E-state index contributed by atoms with van der Waals surface area (Å²) in [5.41, 5.74) is 2.94. The average Bonchev–Trinajstić information content (AvgIpc) is 3.50. The summed E-state index contributed by atoms with van der Waals surface area (Å²) in [4.78, 5) is 47.5. The highest BCUT2D eigenvalue weighted by molar-refractivity contribution is 6.23. The van der Waals surface area contributed by atoms with Crippen molar-refractivity contribution in [3.8, 4) is 11.5 Å². The summed E-state index contributed by atoms with van der Waals surface area (Å²) < 4.78 is 24.4. The Balaban J connectivity index is 1.36. The van der Waals surface area contributed by atoms with Gasteiger partial charge in [-0.25, -0.2) is 19.1 Å². The first-order valence-corrected chi connectivity index (χ1v) is 13.0. The Kier molecular flexibility index (Phi) is 6.72. The van der Waals surface area contributed by atoms with Gasteiger partial charge in [0.15, 0.2) is 17.6 Å². The first kappa shape index (κ1) is 26.2. The number of amides is 2. The molecule has 41 heavy (non-hydrogen) atoms. The number of carbonyl (C=O) groups excluding carboxylic acids is 3. The number of aryl methyl sites for hydroxylation is 1. The van der Waals surface area contributed by atoms with E-state index in [9.17, 15) is 18.8 Å². The predicted molar refractivity (Wildman–Crippen MR) is 148 cm³/mol. The molecular formula is C32H25FN2O6. The second-order valence-corrected chi connectivity index (χ2v) is 9.81. The minimum Gasteiger partial charge on any atom is -0.493 e. The number of hydrogen-bond acceptors (Lipinski definition) is 7. The molecule has 3 atom stereocenters. The summed E-state index contributed by atoms with van der Waals surface area (Å²) in [5, 5.41) is 1.58. The summed E-state index contributed by atoms with van der Waals surface area (Å²) in [6.07, 6.45) is -1.03. The van der Waals surface area contributed by atoms with Crippen LogP contribution >= 0.6 is 0 Å². The van der Waals surface area contributed by atoms with Crippen LogP contribution in [0.5, 0.6) is 11.5 Å². The molecule has 2 saturated heterocycles. The van der Waals surface area contributed by atoms with Crippen molar-refractivity contribution in [2.24, 2.45) is 5.92 Å². The van der Waals surface area contributed by atoms with Crippen LogP contribution in [-0.2, 0) is 14.4 Å². The van der Waals surface area contributed by atoms with Gasteiger partial charge in [0.05, 0.1) is 30.1 Å². The molecule has 0 saturated carbocycles. The number of nitrogens with zero attached hydrogens (tertiary/aromatic N) is 2. The number of methoxy groups -OCH3 is 1. The van der Waals surface area contributed by atoms with Crippen LogP contribution in [0.4, 0.5) is 15.8 Å². The Morgan fingerprint density at radius 1 is 0.829 bits per heavy atom. The fourth-order valence-electron chi connectivity index (χ4n) is 5.20. The molecule has 6 rings (SSSR count). The number of anilines is 2. The monoisotopic (exact) mass is 552 g/mol. The Hall–Kier alpha value is -5.02. The van der Waals surface area contributed by atoms with E-state index in [0.717, 1.165) is 5.56 Å². The van der Waals surface area contributed by atoms with Gasteiger partial charge in [-0.2, -0.15) is 0 Å². The molecule has 0 aliphatic carbocycles. The van der Waals surface area contributed by atoms with Gasteiger partial charge in [-0.15, -0.1) is 0 Å². The van der Waals surface area contributed by atoms with E-state index in [1.54, 1.807) is 35.4 Å². The summed E-state index contributed by atoms with van der Waals surface area (Å²) in [7, 11) is 1.43. The molecule has 2 amide bonds. The second-order valence-electron chi connectivity index (χ2n) is 9.81. The van der Waals surface area contributed by atoms with Crippen LogP contribution in [0.1, 0.15) is 27.5 Å². The molecule has 206 valence electrons. The molecule has 4 aromatic carbocycles. The number of benzene rings is 4. The number of carbonyl (C=O) groups is 3. The minimum atomic E-state index is -1.03. The minimum absolute atomic E-state index is 0.141. The smallest absolute Gasteiger partial charge is 0.343 e. The summed E-state index contributed by atoms with van der Waals surface area (Å²) >= 11 is 0. The lowest BCUT2D eigenvalue weighted by Crippen LogP contribution is -2.37. The number of hydroxylamine groups is 1. The third-order valence-corrected chi connectivity index (χ3v) is 7.23. The molecule has 9 heteroatoms. The molecule has 2 aliphatic heterocycles. The number of halogens is 1. The molecule has 2 heterocycles. The van der Waals surface area contributed by atoms with Crippen molar-refractivity contribution in [2.45, 2.75) is 19.1 Å². The fourth-order valence-corrected chi connectivity index (χ4v) is 5.20. The zero-order valence-electron chi connectivity index (χ0n) is 22.2. The van der Waals surface area contributed by atoms with Crippen molar-refractivity contribution in [2.75, 3.05) is 17.1 Å². The van der Waals surface area contributed by atoms with Gasteiger partial charge in [0.25, 0.3) is 5.91 Å². The van der Waals surface area contributed by atoms with Gasteiger partial charge in [-0.1, -0.05) is 42.0 Å². The van der Waals surface area contributed by atoms with E-state index in [2.05, 4.69) is 0 Å². The first-order valence-electron chi connectivity index (χ1n) is 13.0. The average molecular weight is 553 g/mol. The number of hydrogen-bond donors (Lipinski definition) is 0. The number of ether oxygens (including phenoxy) is 2. The van der Waals surface area contributed by atoms with E-state index in [1.165, 1.54) is 36.3 Å². The van der Waals surface area contributed by atoms with Crippen LogP contribution in [0.15, 0.2) is 97.1 Å². The molecule has 0 unspecified atom stereocenters. The van der Waals surface area contributed by atoms with E-state index in [4.69, 9.17) is 14.3 Å². The van der Waals surface area contributed by atoms with Gasteiger partial charge < -0.3 is 9.47 Å². The quantitative estimate of drug-likeness (QED) is 0.180. The molecule has 0 spiro atoms. The number of fused-ring (bicyclic) bond motifs is 1. The van der Waals surface area contributed by atoms with Gasteiger partial charge in [0.2, 0.25) is 5.91 Å². The Morgan fingerprint density at radius 2 is 1.54 bits per heavy atom. The summed E-state index contributed by atoms with van der Waals surface area (Å²) in [6, 6.07) is 25.6. The molecule has 8 nitrogen and oxygen atoms in total. The van der Waals surface area contributed by atoms with Crippen LogP contribution in [0.3, 0.4) is 0 Å². The second kappa shape index (κ2) is 10.5. The number of esters is 1. The third kappa shape index (κ3) is 4.70. The zero-order valence-corrected chi connectivity index (χ0v) is 22.2. The van der Waals surface area contributed by atoms with Gasteiger partial charge >= 0.3 is 5.97 Å². The van der Waals surface area contributed by atoms with Crippen molar-refractivity contribution >= 4 is 29.2 Å². The molecule has 4 aromatic rings. The lowest BCUT2D eigenvalue weighted by Gasteiger charge is -2.29. The summed E-state index contributed by atoms with van der Waals surface area (Å²) in [6.45, 7) is 1.93. The van der Waals surface area contributed by atoms with Gasteiger partial charge in [-0.3, -0.25) is 14.4 Å². The van der Waals surface area contributed by atoms with Gasteiger partial charge in [-0.05, 0) is 73.2 Å². The van der Waals surface area contributed by atoms with E-state index in [1.807, 2.05) is 49.4 Å². The SMILES string of the molecule is COc1cc([C@@H]2[C@@H]3C(=O)N(c4ccc(C)cc4)C(=O)[C@H]3ON2c2ccccc2)ccc1OC(=O)c1ccc(F)cc1. The number of imide groups is 1. The predicted octanol–water partition coefficient (Wildman–Crippen LogP) is 5.41. The first-order chi connectivity index (χ1) is 19.9. The lowest BCUT2D eigenvalue weighted by atomic mass is 9.90. The van der Waals surface area contributed by atoms with E-state index in [0.29, 0.717) is 16.9 Å². The Bertz CT molecular complexity index is 1620. The van der Waals surface area contributed by atoms with E-state index >= 15 is 0 Å². The van der Waals surface area contributed by atoms with Crippen LogP contribution in [0.25, 0.3) is 0 Å². The Morgan fingerprint density at radius 3 is 2.22 bits per heavy atom.